The third-order valence-corrected chi connectivity index (χ3v) is 6.76. The van der Waals surface area contributed by atoms with Crippen molar-refractivity contribution >= 4 is 35.0 Å². The molecule has 4 rings (SSSR count). The van der Waals surface area contributed by atoms with Gasteiger partial charge in [0.2, 0.25) is 0 Å². The monoisotopic (exact) mass is 339 g/mol. The number of nitrogens with one attached hydrogen (secondary N) is 1. The van der Waals surface area contributed by atoms with Gasteiger partial charge in [0.15, 0.2) is 0 Å². The van der Waals surface area contributed by atoms with E-state index in [0.29, 0.717) is 15.7 Å². The molecule has 0 aromatic heterocycles. The highest BCUT2D eigenvalue weighted by atomic mass is 35.5. The summed E-state index contributed by atoms with van der Waals surface area (Å²) in [6.45, 7) is 0. The zero-order chi connectivity index (χ0) is 15.3. The number of anilines is 1. The number of halogens is 2. The minimum Gasteiger partial charge on any atom is -0.445 e. The van der Waals surface area contributed by atoms with Crippen LogP contribution in [0.4, 0.5) is 10.5 Å². The molecule has 22 heavy (non-hydrogen) atoms. The third-order valence-electron chi connectivity index (χ3n) is 6.02. The second-order valence-corrected chi connectivity index (χ2v) is 7.73. The summed E-state index contributed by atoms with van der Waals surface area (Å²) < 4.78 is 5.80. The van der Waals surface area contributed by atoms with Gasteiger partial charge in [0.05, 0.1) is 10.0 Å². The normalized spacial score (nSPS) is 35.5. The Kier molecular flexibility index (Phi) is 3.54. The van der Waals surface area contributed by atoms with Crippen molar-refractivity contribution in [2.75, 3.05) is 5.32 Å². The molecule has 1 aromatic carbocycles. The van der Waals surface area contributed by atoms with Crippen molar-refractivity contribution < 1.29 is 9.53 Å². The van der Waals surface area contributed by atoms with Crippen LogP contribution in [0.5, 0.6) is 0 Å². The first-order valence-electron chi connectivity index (χ1n) is 8.01. The molecule has 1 aromatic rings. The molecule has 0 saturated heterocycles. The van der Waals surface area contributed by atoms with Gasteiger partial charge in [-0.25, -0.2) is 4.79 Å². The van der Waals surface area contributed by atoms with E-state index < -0.39 is 0 Å². The Morgan fingerprint density at radius 3 is 2.91 bits per heavy atom. The SMILES string of the molecule is O=C(Nc1ccc(Cl)c(Cl)c1)O[C@H]1C[C@H]2CC[C@@]13CCC[C@H]23. The largest absolute Gasteiger partial charge is 0.445 e. The molecular formula is C17H19Cl2NO2. The van der Waals surface area contributed by atoms with Crippen LogP contribution in [0.25, 0.3) is 0 Å². The maximum absolute atomic E-state index is 12.2. The summed E-state index contributed by atoms with van der Waals surface area (Å²) in [5.41, 5.74) is 0.891. The van der Waals surface area contributed by atoms with Crippen molar-refractivity contribution in [2.24, 2.45) is 17.3 Å². The molecular weight excluding hydrogens is 321 g/mol. The Labute approximate surface area is 140 Å². The lowest BCUT2D eigenvalue weighted by molar-refractivity contribution is 0.0173. The Balaban J connectivity index is 1.43. The molecule has 2 bridgehead atoms. The van der Waals surface area contributed by atoms with Crippen LogP contribution in [0.1, 0.15) is 38.5 Å². The van der Waals surface area contributed by atoms with Gasteiger partial charge in [0.25, 0.3) is 0 Å². The highest BCUT2D eigenvalue weighted by Gasteiger charge is 2.62. The van der Waals surface area contributed by atoms with Gasteiger partial charge in [0, 0.05) is 11.1 Å². The van der Waals surface area contributed by atoms with Crippen LogP contribution < -0.4 is 5.32 Å². The summed E-state index contributed by atoms with van der Waals surface area (Å²) in [6.07, 6.45) is 7.12. The lowest BCUT2D eigenvalue weighted by Gasteiger charge is -2.33. The molecule has 5 heteroatoms. The molecule has 3 nitrogen and oxygen atoms in total. The maximum atomic E-state index is 12.2. The van der Waals surface area contributed by atoms with Crippen molar-refractivity contribution in [3.63, 3.8) is 0 Å². The van der Waals surface area contributed by atoms with Gasteiger partial charge in [-0.3, -0.25) is 5.32 Å². The van der Waals surface area contributed by atoms with Crippen molar-refractivity contribution in [2.45, 2.75) is 44.6 Å². The second kappa shape index (κ2) is 5.31. The Bertz CT molecular complexity index is 617. The zero-order valence-corrected chi connectivity index (χ0v) is 13.8. The number of hydrogen-bond acceptors (Lipinski definition) is 2. The first-order valence-corrected chi connectivity index (χ1v) is 8.77. The van der Waals surface area contributed by atoms with Crippen molar-refractivity contribution in [3.8, 4) is 0 Å². The summed E-state index contributed by atoms with van der Waals surface area (Å²) in [7, 11) is 0. The van der Waals surface area contributed by atoms with E-state index in [4.69, 9.17) is 27.9 Å². The summed E-state index contributed by atoms with van der Waals surface area (Å²) in [5, 5.41) is 3.67. The fourth-order valence-electron chi connectivity index (χ4n) is 5.16. The van der Waals surface area contributed by atoms with Gasteiger partial charge in [0.1, 0.15) is 6.10 Å². The molecule has 3 saturated carbocycles. The molecule has 1 N–H and O–H groups in total. The van der Waals surface area contributed by atoms with Crippen molar-refractivity contribution in [3.05, 3.63) is 28.2 Å². The van der Waals surface area contributed by atoms with Crippen LogP contribution in [-0.4, -0.2) is 12.2 Å². The summed E-state index contributed by atoms with van der Waals surface area (Å²) in [5.74, 6) is 1.56. The number of hydrogen-bond donors (Lipinski definition) is 1. The lowest BCUT2D eigenvalue weighted by atomic mass is 9.78. The molecule has 3 aliphatic rings. The topological polar surface area (TPSA) is 38.3 Å². The third kappa shape index (κ3) is 2.21. The van der Waals surface area contributed by atoms with Gasteiger partial charge in [-0.1, -0.05) is 29.6 Å². The van der Waals surface area contributed by atoms with Crippen LogP contribution in [0.3, 0.4) is 0 Å². The van der Waals surface area contributed by atoms with Gasteiger partial charge in [-0.15, -0.1) is 0 Å². The number of carbonyl (C=O) groups is 1. The maximum Gasteiger partial charge on any atom is 0.411 e. The minimum absolute atomic E-state index is 0.0847. The molecule has 3 fully saturated rings. The highest BCUT2D eigenvalue weighted by molar-refractivity contribution is 6.42. The van der Waals surface area contributed by atoms with Crippen LogP contribution in [0, 0.1) is 17.3 Å². The molecule has 1 amide bonds. The van der Waals surface area contributed by atoms with E-state index in [-0.39, 0.29) is 17.6 Å². The number of benzene rings is 1. The summed E-state index contributed by atoms with van der Waals surface area (Å²) in [6, 6.07) is 5.04. The van der Waals surface area contributed by atoms with Crippen molar-refractivity contribution in [1.82, 2.24) is 0 Å². The first-order chi connectivity index (χ1) is 10.6. The van der Waals surface area contributed by atoms with E-state index in [9.17, 15) is 4.79 Å². The van der Waals surface area contributed by atoms with E-state index in [1.807, 2.05) is 0 Å². The van der Waals surface area contributed by atoms with Gasteiger partial charge >= 0.3 is 6.09 Å². The van der Waals surface area contributed by atoms with Crippen molar-refractivity contribution in [1.29, 1.82) is 0 Å². The number of rotatable bonds is 2. The van der Waals surface area contributed by atoms with Gasteiger partial charge in [-0.05, 0) is 62.1 Å². The highest BCUT2D eigenvalue weighted by Crippen LogP contribution is 2.66. The minimum atomic E-state index is -0.379. The zero-order valence-electron chi connectivity index (χ0n) is 12.3. The predicted molar refractivity (Wildman–Crippen MR) is 87.5 cm³/mol. The first kappa shape index (κ1) is 14.6. The van der Waals surface area contributed by atoms with E-state index in [1.165, 1.54) is 32.1 Å². The molecule has 0 radical (unpaired) electrons. The predicted octanol–water partition coefficient (Wildman–Crippen LogP) is 5.51. The van der Waals surface area contributed by atoms with Crippen LogP contribution in [-0.2, 0) is 4.74 Å². The second-order valence-electron chi connectivity index (χ2n) is 6.91. The summed E-state index contributed by atoms with van der Waals surface area (Å²) in [4.78, 5) is 12.2. The van der Waals surface area contributed by atoms with Crippen LogP contribution in [0.2, 0.25) is 10.0 Å². The van der Waals surface area contributed by atoms with Gasteiger partial charge in [-0.2, -0.15) is 0 Å². The molecule has 0 aliphatic heterocycles. The number of carbonyl (C=O) groups excluding carboxylic acids is 1. The molecule has 4 atom stereocenters. The number of amides is 1. The average molecular weight is 340 g/mol. The van der Waals surface area contributed by atoms with Crippen LogP contribution in [0.15, 0.2) is 18.2 Å². The molecule has 0 heterocycles. The van der Waals surface area contributed by atoms with Gasteiger partial charge < -0.3 is 4.74 Å². The fourth-order valence-corrected chi connectivity index (χ4v) is 5.46. The Hall–Kier alpha value is -0.930. The van der Waals surface area contributed by atoms with Crippen LogP contribution >= 0.6 is 23.2 Å². The molecule has 0 spiro atoms. The van der Waals surface area contributed by atoms with E-state index in [2.05, 4.69) is 5.32 Å². The standard InChI is InChI=1S/C17H19Cl2NO2/c18-13-4-3-11(9-14(13)19)20-16(21)22-15-8-10-5-7-17(15)6-1-2-12(10)17/h3-4,9-10,12,15H,1-2,5-8H2,(H,20,21)/t10-,12-,15+,17-/m1/s1. The Morgan fingerprint density at radius 1 is 1.23 bits per heavy atom. The summed E-state index contributed by atoms with van der Waals surface area (Å²) >= 11 is 11.8. The molecule has 3 aliphatic carbocycles. The molecule has 118 valence electrons. The number of ether oxygens (including phenoxy) is 1. The van der Waals surface area contributed by atoms with E-state index >= 15 is 0 Å². The Morgan fingerprint density at radius 2 is 2.09 bits per heavy atom. The smallest absolute Gasteiger partial charge is 0.411 e. The lowest BCUT2D eigenvalue weighted by Crippen LogP contribution is -2.36. The quantitative estimate of drug-likeness (QED) is 0.771. The fraction of sp³-hybridized carbons (Fsp3) is 0.588. The van der Waals surface area contributed by atoms with E-state index in [0.717, 1.165) is 18.3 Å². The van der Waals surface area contributed by atoms with E-state index in [1.54, 1.807) is 18.2 Å². The molecule has 0 unspecified atom stereocenters. The average Bonchev–Trinajstić information content (AvgIpc) is 3.10.